The van der Waals surface area contributed by atoms with Crippen molar-refractivity contribution in [1.29, 1.82) is 0 Å². The van der Waals surface area contributed by atoms with E-state index in [0.29, 0.717) is 5.69 Å². The highest BCUT2D eigenvalue weighted by molar-refractivity contribution is 7.90. The number of sulfone groups is 1. The number of hydrogen-bond acceptors (Lipinski definition) is 6. The van der Waals surface area contributed by atoms with E-state index in [4.69, 9.17) is 4.74 Å². The number of nitrogens with zero attached hydrogens (tertiary/aromatic N) is 2. The first kappa shape index (κ1) is 18.8. The Labute approximate surface area is 157 Å². The second kappa shape index (κ2) is 7.75. The van der Waals surface area contributed by atoms with Gasteiger partial charge in [-0.3, -0.25) is 14.7 Å². The summed E-state index contributed by atoms with van der Waals surface area (Å²) in [5.74, 6) is -0.344. The van der Waals surface area contributed by atoms with Gasteiger partial charge >= 0.3 is 6.09 Å². The van der Waals surface area contributed by atoms with Crippen molar-refractivity contribution in [2.24, 2.45) is 0 Å². The number of aromatic nitrogens is 1. The van der Waals surface area contributed by atoms with Gasteiger partial charge in [-0.05, 0) is 29.8 Å². The minimum Gasteiger partial charge on any atom is -0.447 e. The van der Waals surface area contributed by atoms with Gasteiger partial charge in [0.1, 0.15) is 12.6 Å². The molecule has 27 heavy (non-hydrogen) atoms. The first-order valence-corrected chi connectivity index (χ1v) is 10.1. The summed E-state index contributed by atoms with van der Waals surface area (Å²) < 4.78 is 28.0. The Morgan fingerprint density at radius 2 is 2.00 bits per heavy atom. The van der Waals surface area contributed by atoms with Crippen LogP contribution in [0.15, 0.2) is 53.6 Å². The van der Waals surface area contributed by atoms with Crippen molar-refractivity contribution in [2.45, 2.75) is 24.0 Å². The summed E-state index contributed by atoms with van der Waals surface area (Å²) in [6.45, 7) is 0.371. The van der Waals surface area contributed by atoms with Crippen LogP contribution < -0.4 is 5.32 Å². The van der Waals surface area contributed by atoms with E-state index >= 15 is 0 Å². The standard InChI is InChI=1S/C18H19N3O5S/c1-27(24,25)15-7-5-13(6-8-15)10-20-17(22)16-12-26-18(23)21(16)11-14-4-2-3-9-19-14/h2-9,16H,10-12H2,1H3,(H,20,22)/t16-/m0/s1. The lowest BCUT2D eigenvalue weighted by atomic mass is 10.2. The third kappa shape index (κ3) is 4.62. The molecule has 3 rings (SSSR count). The van der Waals surface area contributed by atoms with E-state index in [0.717, 1.165) is 11.8 Å². The number of carbonyl (C=O) groups is 2. The summed E-state index contributed by atoms with van der Waals surface area (Å²) in [5, 5.41) is 2.75. The van der Waals surface area contributed by atoms with Crippen LogP contribution in [-0.4, -0.2) is 49.2 Å². The summed E-state index contributed by atoms with van der Waals surface area (Å²) in [6.07, 6.45) is 2.20. The first-order chi connectivity index (χ1) is 12.8. The fourth-order valence-corrected chi connectivity index (χ4v) is 3.30. The lowest BCUT2D eigenvalue weighted by Crippen LogP contribution is -2.45. The zero-order valence-corrected chi connectivity index (χ0v) is 15.5. The normalized spacial score (nSPS) is 16.9. The molecule has 1 aromatic heterocycles. The van der Waals surface area contributed by atoms with E-state index in [-0.39, 0.29) is 30.5 Å². The summed E-state index contributed by atoms with van der Waals surface area (Å²) in [5.41, 5.74) is 1.41. The molecule has 9 heteroatoms. The third-order valence-corrected chi connectivity index (χ3v) is 5.28. The molecule has 1 fully saturated rings. The monoisotopic (exact) mass is 389 g/mol. The smallest absolute Gasteiger partial charge is 0.411 e. The SMILES string of the molecule is CS(=O)(=O)c1ccc(CNC(=O)[C@@H]2COC(=O)N2Cc2ccccn2)cc1. The molecule has 142 valence electrons. The van der Waals surface area contributed by atoms with Crippen molar-refractivity contribution >= 4 is 21.8 Å². The third-order valence-electron chi connectivity index (χ3n) is 4.15. The summed E-state index contributed by atoms with van der Waals surface area (Å²) in [6, 6.07) is 10.9. The summed E-state index contributed by atoms with van der Waals surface area (Å²) in [7, 11) is -3.26. The molecule has 1 aromatic carbocycles. The van der Waals surface area contributed by atoms with Crippen molar-refractivity contribution in [3.8, 4) is 0 Å². The van der Waals surface area contributed by atoms with Gasteiger partial charge in [-0.25, -0.2) is 13.2 Å². The van der Waals surface area contributed by atoms with Gasteiger partial charge in [-0.2, -0.15) is 0 Å². The van der Waals surface area contributed by atoms with Gasteiger partial charge in [-0.15, -0.1) is 0 Å². The number of hydrogen-bond donors (Lipinski definition) is 1. The fraction of sp³-hybridized carbons (Fsp3) is 0.278. The van der Waals surface area contributed by atoms with Crippen LogP contribution in [0.25, 0.3) is 0 Å². The van der Waals surface area contributed by atoms with E-state index < -0.39 is 22.0 Å². The molecule has 1 aliphatic heterocycles. The second-order valence-corrected chi connectivity index (χ2v) is 8.19. The van der Waals surface area contributed by atoms with E-state index in [1.54, 1.807) is 36.5 Å². The number of ether oxygens (including phenoxy) is 1. The highest BCUT2D eigenvalue weighted by atomic mass is 32.2. The average Bonchev–Trinajstić information content (AvgIpc) is 3.01. The van der Waals surface area contributed by atoms with Gasteiger partial charge in [-0.1, -0.05) is 18.2 Å². The average molecular weight is 389 g/mol. The van der Waals surface area contributed by atoms with Crippen molar-refractivity contribution in [3.63, 3.8) is 0 Å². The molecule has 1 atom stereocenters. The van der Waals surface area contributed by atoms with Gasteiger partial charge in [0.05, 0.1) is 17.1 Å². The van der Waals surface area contributed by atoms with Gasteiger partial charge in [0.2, 0.25) is 5.91 Å². The number of cyclic esters (lactones) is 1. The van der Waals surface area contributed by atoms with Crippen LogP contribution >= 0.6 is 0 Å². The Bertz CT molecular complexity index is 929. The predicted molar refractivity (Wildman–Crippen MR) is 96.3 cm³/mol. The Hall–Kier alpha value is -2.94. The van der Waals surface area contributed by atoms with Crippen LogP contribution in [0.3, 0.4) is 0 Å². The van der Waals surface area contributed by atoms with Crippen molar-refractivity contribution < 1.29 is 22.7 Å². The lowest BCUT2D eigenvalue weighted by molar-refractivity contribution is -0.125. The zero-order chi connectivity index (χ0) is 19.4. The van der Waals surface area contributed by atoms with Crippen molar-refractivity contribution in [3.05, 3.63) is 59.9 Å². The Kier molecular flexibility index (Phi) is 5.41. The van der Waals surface area contributed by atoms with Crippen LogP contribution in [0.1, 0.15) is 11.3 Å². The molecule has 1 saturated heterocycles. The zero-order valence-electron chi connectivity index (χ0n) is 14.7. The minimum absolute atomic E-state index is 0.0233. The second-order valence-electron chi connectivity index (χ2n) is 6.18. The molecule has 0 radical (unpaired) electrons. The fourth-order valence-electron chi connectivity index (χ4n) is 2.67. The van der Waals surface area contributed by atoms with Crippen LogP contribution in [0, 0.1) is 0 Å². The molecule has 2 aromatic rings. The largest absolute Gasteiger partial charge is 0.447 e. The van der Waals surface area contributed by atoms with Crippen LogP contribution in [-0.2, 0) is 32.5 Å². The molecular weight excluding hydrogens is 370 g/mol. The number of pyridine rings is 1. The number of rotatable bonds is 6. The first-order valence-electron chi connectivity index (χ1n) is 8.24. The minimum atomic E-state index is -3.26. The maximum absolute atomic E-state index is 12.5. The van der Waals surface area contributed by atoms with E-state index in [9.17, 15) is 18.0 Å². The summed E-state index contributed by atoms with van der Waals surface area (Å²) in [4.78, 5) is 30.1. The number of amides is 2. The molecule has 2 amide bonds. The molecule has 0 aliphatic carbocycles. The van der Waals surface area contributed by atoms with Gasteiger partial charge in [0.15, 0.2) is 9.84 Å². The number of benzene rings is 1. The van der Waals surface area contributed by atoms with Crippen LogP contribution in [0.4, 0.5) is 4.79 Å². The van der Waals surface area contributed by atoms with Crippen LogP contribution in [0.2, 0.25) is 0 Å². The summed E-state index contributed by atoms with van der Waals surface area (Å²) >= 11 is 0. The lowest BCUT2D eigenvalue weighted by Gasteiger charge is -2.20. The van der Waals surface area contributed by atoms with E-state index in [1.165, 1.54) is 17.0 Å². The molecule has 8 nitrogen and oxygen atoms in total. The van der Waals surface area contributed by atoms with Gasteiger partial charge in [0, 0.05) is 19.0 Å². The molecular formula is C18H19N3O5S. The Morgan fingerprint density at radius 1 is 1.26 bits per heavy atom. The predicted octanol–water partition coefficient (Wildman–Crippen LogP) is 1.12. The van der Waals surface area contributed by atoms with Crippen molar-refractivity contribution in [1.82, 2.24) is 15.2 Å². The molecule has 1 aliphatic rings. The van der Waals surface area contributed by atoms with Gasteiger partial charge < -0.3 is 10.1 Å². The van der Waals surface area contributed by atoms with Gasteiger partial charge in [0.25, 0.3) is 0 Å². The highest BCUT2D eigenvalue weighted by Gasteiger charge is 2.38. The molecule has 0 unspecified atom stereocenters. The molecule has 2 heterocycles. The molecule has 0 spiro atoms. The number of carbonyl (C=O) groups excluding carboxylic acids is 2. The Balaban J connectivity index is 1.62. The number of nitrogens with one attached hydrogen (secondary N) is 1. The quantitative estimate of drug-likeness (QED) is 0.794. The molecule has 0 saturated carbocycles. The topological polar surface area (TPSA) is 106 Å². The maximum Gasteiger partial charge on any atom is 0.411 e. The van der Waals surface area contributed by atoms with Crippen LogP contribution in [0.5, 0.6) is 0 Å². The Morgan fingerprint density at radius 3 is 2.63 bits per heavy atom. The van der Waals surface area contributed by atoms with Crippen molar-refractivity contribution in [2.75, 3.05) is 12.9 Å². The molecule has 0 bridgehead atoms. The molecule has 1 N–H and O–H groups in total. The van der Waals surface area contributed by atoms with E-state index in [1.807, 2.05) is 0 Å². The highest BCUT2D eigenvalue weighted by Crippen LogP contribution is 2.16. The maximum atomic E-state index is 12.5. The van der Waals surface area contributed by atoms with E-state index in [2.05, 4.69) is 10.3 Å².